The first-order valence-corrected chi connectivity index (χ1v) is 4.71. The molecule has 0 N–H and O–H groups in total. The SMILES string of the molecule is Cc1cc[n+]2on3nc(C(F)(F)F)nc3c2c1. The molecule has 88 valence electrons. The van der Waals surface area contributed by atoms with Crippen molar-refractivity contribution in [3.8, 4) is 0 Å². The molecule has 0 saturated carbocycles. The molecule has 3 rings (SSSR count). The predicted octanol–water partition coefficient (Wildman–Crippen LogP) is 1.39. The summed E-state index contributed by atoms with van der Waals surface area (Å²) in [5, 5.41) is 3.24. The third kappa shape index (κ3) is 1.44. The number of nitrogens with zero attached hydrogens (tertiary/aromatic N) is 4. The van der Waals surface area contributed by atoms with Crippen molar-refractivity contribution in [3.05, 3.63) is 29.7 Å². The van der Waals surface area contributed by atoms with E-state index < -0.39 is 12.0 Å². The van der Waals surface area contributed by atoms with Gasteiger partial charge in [-0.2, -0.15) is 18.2 Å². The van der Waals surface area contributed by atoms with E-state index in [-0.39, 0.29) is 5.65 Å². The average molecular weight is 243 g/mol. The Morgan fingerprint density at radius 3 is 2.88 bits per heavy atom. The zero-order valence-corrected chi connectivity index (χ0v) is 8.56. The maximum atomic E-state index is 12.4. The zero-order valence-electron chi connectivity index (χ0n) is 8.56. The number of pyridine rings is 1. The number of alkyl halides is 3. The second-order valence-corrected chi connectivity index (χ2v) is 3.63. The number of halogens is 3. The van der Waals surface area contributed by atoms with Crippen molar-refractivity contribution in [3.63, 3.8) is 0 Å². The van der Waals surface area contributed by atoms with Crippen LogP contribution in [0.15, 0.2) is 23.0 Å². The normalized spacial score (nSPS) is 12.7. The maximum Gasteiger partial charge on any atom is 0.455 e. The fourth-order valence-electron chi connectivity index (χ4n) is 1.54. The summed E-state index contributed by atoms with van der Waals surface area (Å²) < 4.78 is 44.3. The van der Waals surface area contributed by atoms with Crippen molar-refractivity contribution < 1.29 is 22.4 Å². The molecular formula is C9H6F3N4O+. The second kappa shape index (κ2) is 2.96. The van der Waals surface area contributed by atoms with Crippen LogP contribution in [0, 0.1) is 6.92 Å². The summed E-state index contributed by atoms with van der Waals surface area (Å²) in [6.07, 6.45) is -2.98. The molecule has 3 aromatic heterocycles. The molecule has 8 heteroatoms. The summed E-state index contributed by atoms with van der Waals surface area (Å²) in [6, 6.07) is 3.44. The second-order valence-electron chi connectivity index (χ2n) is 3.63. The van der Waals surface area contributed by atoms with Gasteiger partial charge in [0.15, 0.2) is 0 Å². The van der Waals surface area contributed by atoms with E-state index in [0.29, 0.717) is 5.52 Å². The minimum Gasteiger partial charge on any atom is -0.172 e. The highest BCUT2D eigenvalue weighted by atomic mass is 19.4. The van der Waals surface area contributed by atoms with Crippen LogP contribution in [0.4, 0.5) is 13.2 Å². The van der Waals surface area contributed by atoms with Crippen molar-refractivity contribution in [1.29, 1.82) is 0 Å². The highest BCUT2D eigenvalue weighted by Crippen LogP contribution is 2.26. The molecule has 0 aromatic carbocycles. The number of hydrogen-bond acceptors (Lipinski definition) is 3. The Labute approximate surface area is 92.0 Å². The first-order valence-electron chi connectivity index (χ1n) is 4.71. The topological polar surface area (TPSA) is 47.4 Å². The molecular weight excluding hydrogens is 237 g/mol. The molecule has 3 aromatic rings. The van der Waals surface area contributed by atoms with Crippen LogP contribution in [-0.4, -0.2) is 14.8 Å². The standard InChI is InChI=1S/C9H6F3N4O/c1-5-2-3-15-6(4-5)7-13-8(9(10,11)12)14-16(7)17-15/h2-4H,1H3/q+1. The predicted molar refractivity (Wildman–Crippen MR) is 48.2 cm³/mol. The van der Waals surface area contributed by atoms with Crippen molar-refractivity contribution in [2.45, 2.75) is 13.1 Å². The molecule has 5 nitrogen and oxygen atoms in total. The Kier molecular flexibility index (Phi) is 1.75. The number of rotatable bonds is 0. The van der Waals surface area contributed by atoms with Gasteiger partial charge < -0.3 is 0 Å². The van der Waals surface area contributed by atoms with Crippen molar-refractivity contribution >= 4 is 11.2 Å². The van der Waals surface area contributed by atoms with E-state index in [4.69, 9.17) is 4.63 Å². The molecule has 0 radical (unpaired) electrons. The van der Waals surface area contributed by atoms with Crippen LogP contribution >= 0.6 is 0 Å². The largest absolute Gasteiger partial charge is 0.455 e. The molecule has 3 heterocycles. The number of aryl methyl sites for hydroxylation is 1. The Balaban J connectivity index is 2.34. The van der Waals surface area contributed by atoms with Crippen molar-refractivity contribution in [2.24, 2.45) is 0 Å². The lowest BCUT2D eigenvalue weighted by Crippen LogP contribution is -2.18. The lowest BCUT2D eigenvalue weighted by atomic mass is 10.3. The Hall–Kier alpha value is -2.12. The Bertz CT molecular complexity index is 712. The Morgan fingerprint density at radius 1 is 1.41 bits per heavy atom. The third-order valence-corrected chi connectivity index (χ3v) is 2.30. The van der Waals surface area contributed by atoms with Crippen molar-refractivity contribution in [1.82, 2.24) is 14.8 Å². The summed E-state index contributed by atoms with van der Waals surface area (Å²) in [4.78, 5) is 3.43. The monoisotopic (exact) mass is 243 g/mol. The van der Waals surface area contributed by atoms with Gasteiger partial charge in [-0.15, -0.1) is 0 Å². The lowest BCUT2D eigenvalue weighted by molar-refractivity contribution is -0.732. The van der Waals surface area contributed by atoms with Crippen LogP contribution in [0.3, 0.4) is 0 Å². The molecule has 0 atom stereocenters. The average Bonchev–Trinajstić information content (AvgIpc) is 2.74. The molecule has 17 heavy (non-hydrogen) atoms. The number of aromatic nitrogens is 4. The minimum atomic E-state index is -4.57. The summed E-state index contributed by atoms with van der Waals surface area (Å²) in [7, 11) is 0. The van der Waals surface area contributed by atoms with Crippen LogP contribution in [-0.2, 0) is 6.18 Å². The van der Waals surface area contributed by atoms with E-state index in [1.54, 1.807) is 18.3 Å². The van der Waals surface area contributed by atoms with Crippen LogP contribution in [0.1, 0.15) is 11.4 Å². The van der Waals surface area contributed by atoms with Gasteiger partial charge in [0.1, 0.15) is 6.20 Å². The minimum absolute atomic E-state index is 0.0426. The van der Waals surface area contributed by atoms with Crippen LogP contribution in [0.5, 0.6) is 0 Å². The fourth-order valence-corrected chi connectivity index (χ4v) is 1.54. The quantitative estimate of drug-likeness (QED) is 0.560. The van der Waals surface area contributed by atoms with Gasteiger partial charge >= 0.3 is 11.8 Å². The molecule has 0 bridgehead atoms. The first-order chi connectivity index (χ1) is 7.95. The van der Waals surface area contributed by atoms with Gasteiger partial charge in [-0.05, 0) is 34.3 Å². The highest BCUT2D eigenvalue weighted by molar-refractivity contribution is 5.65. The number of hydrogen-bond donors (Lipinski definition) is 0. The maximum absolute atomic E-state index is 12.4. The van der Waals surface area contributed by atoms with Crippen LogP contribution in [0.2, 0.25) is 0 Å². The van der Waals surface area contributed by atoms with Gasteiger partial charge in [0.05, 0.1) is 4.69 Å². The lowest BCUT2D eigenvalue weighted by Gasteiger charge is -1.95. The summed E-state index contributed by atoms with van der Waals surface area (Å²) in [6.45, 7) is 1.82. The van der Waals surface area contributed by atoms with Crippen LogP contribution in [0.25, 0.3) is 11.2 Å². The fraction of sp³-hybridized carbons (Fsp3) is 0.222. The van der Waals surface area contributed by atoms with Crippen LogP contribution < -0.4 is 4.57 Å². The Morgan fingerprint density at radius 2 is 2.18 bits per heavy atom. The van der Waals surface area contributed by atoms with Gasteiger partial charge in [0, 0.05) is 0 Å². The molecule has 0 aliphatic carbocycles. The summed E-state index contributed by atoms with van der Waals surface area (Å²) in [5.41, 5.74) is 1.37. The van der Waals surface area contributed by atoms with Gasteiger partial charge in [-0.3, -0.25) is 0 Å². The van der Waals surface area contributed by atoms with Gasteiger partial charge in [-0.1, -0.05) is 4.63 Å². The van der Waals surface area contributed by atoms with Gasteiger partial charge in [0.25, 0.3) is 5.82 Å². The molecule has 0 saturated heterocycles. The number of fused-ring (bicyclic) bond motifs is 3. The molecule has 0 amide bonds. The van der Waals surface area contributed by atoms with E-state index in [0.717, 1.165) is 10.3 Å². The molecule has 0 fully saturated rings. The van der Waals surface area contributed by atoms with E-state index in [1.807, 2.05) is 6.92 Å². The van der Waals surface area contributed by atoms with E-state index in [9.17, 15) is 13.2 Å². The zero-order chi connectivity index (χ0) is 12.2. The van der Waals surface area contributed by atoms with Gasteiger partial charge in [-0.25, -0.2) is 0 Å². The summed E-state index contributed by atoms with van der Waals surface area (Å²) >= 11 is 0. The van der Waals surface area contributed by atoms with E-state index in [2.05, 4.69) is 10.1 Å². The molecule has 0 spiro atoms. The smallest absolute Gasteiger partial charge is 0.172 e. The van der Waals surface area contributed by atoms with Gasteiger partial charge in [0.2, 0.25) is 5.52 Å². The van der Waals surface area contributed by atoms with E-state index in [1.165, 1.54) is 4.57 Å². The first kappa shape index (κ1) is 10.1. The van der Waals surface area contributed by atoms with Crippen molar-refractivity contribution in [2.75, 3.05) is 0 Å². The van der Waals surface area contributed by atoms with E-state index >= 15 is 0 Å². The molecule has 0 unspecified atom stereocenters. The molecule has 0 aliphatic rings. The highest BCUT2D eigenvalue weighted by Gasteiger charge is 2.39. The molecule has 0 aliphatic heterocycles. The summed E-state index contributed by atoms with van der Waals surface area (Å²) in [5.74, 6) is -1.21. The third-order valence-electron chi connectivity index (χ3n) is 2.30.